The molecule has 2 rings (SSSR count). The monoisotopic (exact) mass is 324 g/mol. The number of nitrogens with one attached hydrogen (secondary N) is 1. The molecule has 0 aliphatic heterocycles. The van der Waals surface area contributed by atoms with Gasteiger partial charge in [0.2, 0.25) is 5.91 Å². The molecule has 1 aliphatic carbocycles. The Morgan fingerprint density at radius 1 is 1.26 bits per heavy atom. The number of halogens is 1. The minimum atomic E-state index is -0.699. The molecule has 0 aromatic heterocycles. The van der Waals surface area contributed by atoms with Crippen molar-refractivity contribution >= 4 is 27.5 Å². The lowest BCUT2D eigenvalue weighted by Gasteiger charge is -2.32. The van der Waals surface area contributed by atoms with E-state index in [0.29, 0.717) is 0 Å². The largest absolute Gasteiger partial charge is 0.323 e. The van der Waals surface area contributed by atoms with E-state index in [4.69, 9.17) is 5.73 Å². The third-order valence-electron chi connectivity index (χ3n) is 3.87. The smallest absolute Gasteiger partial charge is 0.244 e. The SMILES string of the molecule is Cc1cc(C)c(NC(=O)C2(N)CCCCC2)c(Br)c1. The molecule has 0 bridgehead atoms. The zero-order chi connectivity index (χ0) is 14.0. The van der Waals surface area contributed by atoms with Crippen LogP contribution in [0.2, 0.25) is 0 Å². The highest BCUT2D eigenvalue weighted by Gasteiger charge is 2.35. The van der Waals surface area contributed by atoms with Crippen LogP contribution in [0.5, 0.6) is 0 Å². The van der Waals surface area contributed by atoms with Gasteiger partial charge < -0.3 is 11.1 Å². The molecule has 19 heavy (non-hydrogen) atoms. The summed E-state index contributed by atoms with van der Waals surface area (Å²) in [5.74, 6) is -0.0557. The van der Waals surface area contributed by atoms with E-state index in [2.05, 4.69) is 27.3 Å². The summed E-state index contributed by atoms with van der Waals surface area (Å²) < 4.78 is 0.915. The first-order chi connectivity index (χ1) is 8.92. The van der Waals surface area contributed by atoms with Crippen LogP contribution in [0.3, 0.4) is 0 Å². The number of hydrogen-bond acceptors (Lipinski definition) is 2. The number of amides is 1. The van der Waals surface area contributed by atoms with Crippen molar-refractivity contribution in [2.75, 3.05) is 5.32 Å². The fourth-order valence-electron chi connectivity index (χ4n) is 2.72. The van der Waals surface area contributed by atoms with Crippen LogP contribution in [0, 0.1) is 13.8 Å². The zero-order valence-corrected chi connectivity index (χ0v) is 13.1. The molecule has 1 amide bonds. The Hall–Kier alpha value is -0.870. The summed E-state index contributed by atoms with van der Waals surface area (Å²) in [6, 6.07) is 4.07. The van der Waals surface area contributed by atoms with Crippen LogP contribution in [0.1, 0.15) is 43.2 Å². The van der Waals surface area contributed by atoms with Crippen LogP contribution in [0.4, 0.5) is 5.69 Å². The molecule has 1 aliphatic rings. The van der Waals surface area contributed by atoms with E-state index in [9.17, 15) is 4.79 Å². The molecule has 0 atom stereocenters. The van der Waals surface area contributed by atoms with Gasteiger partial charge in [-0.25, -0.2) is 0 Å². The normalized spacial score (nSPS) is 18.1. The number of benzene rings is 1. The highest BCUT2D eigenvalue weighted by Crippen LogP contribution is 2.31. The molecular formula is C15H21BrN2O. The lowest BCUT2D eigenvalue weighted by molar-refractivity contribution is -0.122. The van der Waals surface area contributed by atoms with Crippen molar-refractivity contribution in [2.24, 2.45) is 5.73 Å². The molecule has 3 nitrogen and oxygen atoms in total. The van der Waals surface area contributed by atoms with Gasteiger partial charge in [0.1, 0.15) is 0 Å². The number of nitrogens with two attached hydrogens (primary N) is 1. The standard InChI is InChI=1S/C15H21BrN2O/c1-10-8-11(2)13(12(16)9-10)18-14(19)15(17)6-4-3-5-7-15/h8-9H,3-7,17H2,1-2H3,(H,18,19). The van der Waals surface area contributed by atoms with Crippen molar-refractivity contribution in [3.8, 4) is 0 Å². The first kappa shape index (κ1) is 14.5. The van der Waals surface area contributed by atoms with E-state index in [1.54, 1.807) is 0 Å². The maximum Gasteiger partial charge on any atom is 0.244 e. The average molecular weight is 325 g/mol. The van der Waals surface area contributed by atoms with Gasteiger partial charge in [0.15, 0.2) is 0 Å². The lowest BCUT2D eigenvalue weighted by Crippen LogP contribution is -2.52. The molecule has 4 heteroatoms. The summed E-state index contributed by atoms with van der Waals surface area (Å²) in [6.45, 7) is 4.03. The van der Waals surface area contributed by atoms with Crippen molar-refractivity contribution in [1.82, 2.24) is 0 Å². The Balaban J connectivity index is 2.19. The average Bonchev–Trinajstić information content (AvgIpc) is 2.34. The molecule has 3 N–H and O–H groups in total. The molecule has 1 aromatic rings. The zero-order valence-electron chi connectivity index (χ0n) is 11.6. The van der Waals surface area contributed by atoms with Crippen molar-refractivity contribution in [2.45, 2.75) is 51.5 Å². The summed E-state index contributed by atoms with van der Waals surface area (Å²) in [7, 11) is 0. The Morgan fingerprint density at radius 3 is 2.47 bits per heavy atom. The van der Waals surface area contributed by atoms with E-state index >= 15 is 0 Å². The predicted octanol–water partition coefficient (Wildman–Crippen LogP) is 3.67. The molecular weight excluding hydrogens is 304 g/mol. The maximum atomic E-state index is 12.4. The summed E-state index contributed by atoms with van der Waals surface area (Å²) in [4.78, 5) is 12.4. The fourth-order valence-corrected chi connectivity index (χ4v) is 3.49. The summed E-state index contributed by atoms with van der Waals surface area (Å²) in [5.41, 5.74) is 8.62. The van der Waals surface area contributed by atoms with Gasteiger partial charge in [0.05, 0.1) is 11.2 Å². The van der Waals surface area contributed by atoms with Gasteiger partial charge in [-0.05, 0) is 59.8 Å². The molecule has 104 valence electrons. The number of aryl methyl sites for hydroxylation is 2. The Labute approximate surface area is 123 Å². The van der Waals surface area contributed by atoms with Crippen LogP contribution in [0.15, 0.2) is 16.6 Å². The first-order valence-corrected chi connectivity index (χ1v) is 7.59. The Morgan fingerprint density at radius 2 is 1.89 bits per heavy atom. The minimum absolute atomic E-state index is 0.0557. The molecule has 0 spiro atoms. The number of anilines is 1. The molecule has 0 radical (unpaired) electrons. The van der Waals surface area contributed by atoms with Crippen LogP contribution in [-0.4, -0.2) is 11.4 Å². The second kappa shape index (κ2) is 5.63. The van der Waals surface area contributed by atoms with Gasteiger partial charge in [-0.2, -0.15) is 0 Å². The number of hydrogen-bond donors (Lipinski definition) is 2. The van der Waals surface area contributed by atoms with Gasteiger partial charge in [0.25, 0.3) is 0 Å². The van der Waals surface area contributed by atoms with Gasteiger partial charge >= 0.3 is 0 Å². The van der Waals surface area contributed by atoms with Crippen LogP contribution >= 0.6 is 15.9 Å². The highest BCUT2D eigenvalue weighted by molar-refractivity contribution is 9.10. The third kappa shape index (κ3) is 3.18. The minimum Gasteiger partial charge on any atom is -0.323 e. The van der Waals surface area contributed by atoms with Crippen molar-refractivity contribution in [3.05, 3.63) is 27.7 Å². The first-order valence-electron chi connectivity index (χ1n) is 6.79. The van der Waals surface area contributed by atoms with Crippen molar-refractivity contribution < 1.29 is 4.79 Å². The summed E-state index contributed by atoms with van der Waals surface area (Å²) in [5, 5.41) is 3.01. The number of rotatable bonds is 2. The molecule has 1 aromatic carbocycles. The quantitative estimate of drug-likeness (QED) is 0.872. The topological polar surface area (TPSA) is 55.1 Å². The summed E-state index contributed by atoms with van der Waals surface area (Å²) in [6.07, 6.45) is 4.82. The maximum absolute atomic E-state index is 12.4. The molecule has 0 heterocycles. The van der Waals surface area contributed by atoms with E-state index in [1.165, 1.54) is 12.0 Å². The number of carbonyl (C=O) groups excluding carboxylic acids is 1. The van der Waals surface area contributed by atoms with Crippen LogP contribution < -0.4 is 11.1 Å². The van der Waals surface area contributed by atoms with Gasteiger partial charge in [-0.15, -0.1) is 0 Å². The van der Waals surface area contributed by atoms with E-state index in [0.717, 1.165) is 41.4 Å². The predicted molar refractivity (Wildman–Crippen MR) is 82.2 cm³/mol. The summed E-state index contributed by atoms with van der Waals surface area (Å²) >= 11 is 3.51. The Kier molecular flexibility index (Phi) is 4.31. The highest BCUT2D eigenvalue weighted by atomic mass is 79.9. The lowest BCUT2D eigenvalue weighted by atomic mass is 9.82. The fraction of sp³-hybridized carbons (Fsp3) is 0.533. The second-order valence-corrected chi connectivity index (χ2v) is 6.46. The molecule has 1 saturated carbocycles. The van der Waals surface area contributed by atoms with E-state index in [-0.39, 0.29) is 5.91 Å². The van der Waals surface area contributed by atoms with Crippen LogP contribution in [0.25, 0.3) is 0 Å². The van der Waals surface area contributed by atoms with E-state index in [1.807, 2.05) is 19.9 Å². The van der Waals surface area contributed by atoms with Crippen molar-refractivity contribution in [3.63, 3.8) is 0 Å². The van der Waals surface area contributed by atoms with Gasteiger partial charge in [0, 0.05) is 4.47 Å². The molecule has 0 saturated heterocycles. The van der Waals surface area contributed by atoms with Crippen LogP contribution in [-0.2, 0) is 4.79 Å². The van der Waals surface area contributed by atoms with E-state index < -0.39 is 5.54 Å². The van der Waals surface area contributed by atoms with Gasteiger partial charge in [-0.3, -0.25) is 4.79 Å². The van der Waals surface area contributed by atoms with Gasteiger partial charge in [-0.1, -0.05) is 25.3 Å². The Bertz CT molecular complexity index is 470. The third-order valence-corrected chi connectivity index (χ3v) is 4.49. The second-order valence-electron chi connectivity index (χ2n) is 5.61. The van der Waals surface area contributed by atoms with Crippen molar-refractivity contribution in [1.29, 1.82) is 0 Å². The number of carbonyl (C=O) groups is 1. The molecule has 1 fully saturated rings. The molecule has 0 unspecified atom stereocenters.